The van der Waals surface area contributed by atoms with Crippen LogP contribution in [0.25, 0.3) is 60.8 Å². The zero-order valence-corrected chi connectivity index (χ0v) is 31.7. The van der Waals surface area contributed by atoms with Crippen LogP contribution in [0.3, 0.4) is 0 Å². The lowest BCUT2D eigenvalue weighted by Gasteiger charge is -2.32. The zero-order chi connectivity index (χ0) is 38.4. The highest BCUT2D eigenvalue weighted by molar-refractivity contribution is 6.19. The second kappa shape index (κ2) is 14.2. The van der Waals surface area contributed by atoms with Crippen molar-refractivity contribution in [2.75, 3.05) is 0 Å². The average molecular weight is 745 g/mol. The first kappa shape index (κ1) is 33.8. The van der Waals surface area contributed by atoms with Crippen molar-refractivity contribution in [1.29, 1.82) is 0 Å². The number of hydrogen-bond acceptors (Lipinski definition) is 2. The van der Waals surface area contributed by atoms with Gasteiger partial charge in [0.2, 0.25) is 0 Å². The van der Waals surface area contributed by atoms with Gasteiger partial charge >= 0.3 is 0 Å². The number of fused-ring (bicyclic) bond motifs is 5. The molecule has 2 unspecified atom stereocenters. The molecular formula is C53H38N5-. The lowest BCUT2D eigenvalue weighted by molar-refractivity contribution is 0.853. The molecule has 276 valence electrons. The van der Waals surface area contributed by atoms with Crippen LogP contribution >= 0.6 is 0 Å². The van der Waals surface area contributed by atoms with Crippen molar-refractivity contribution in [3.63, 3.8) is 0 Å². The summed E-state index contributed by atoms with van der Waals surface area (Å²) in [6, 6.07) is 64.6. The fourth-order valence-corrected chi connectivity index (χ4v) is 8.58. The van der Waals surface area contributed by atoms with Gasteiger partial charge in [0.15, 0.2) is 0 Å². The fraction of sp³-hybridized carbons (Fsp3) is 0.0566. The topological polar surface area (TPSA) is 48.2 Å². The highest BCUT2D eigenvalue weighted by Crippen LogP contribution is 2.41. The molecule has 0 bridgehead atoms. The molecular weight excluding hydrogens is 707 g/mol. The third-order valence-electron chi connectivity index (χ3n) is 11.5. The summed E-state index contributed by atoms with van der Waals surface area (Å²) in [5, 5.41) is 6.37. The molecule has 7 aromatic carbocycles. The van der Waals surface area contributed by atoms with Crippen LogP contribution in [0.2, 0.25) is 0 Å². The van der Waals surface area contributed by atoms with Crippen LogP contribution in [0, 0.1) is 0 Å². The summed E-state index contributed by atoms with van der Waals surface area (Å²) in [4.78, 5) is 10.4. The molecule has 0 saturated heterocycles. The molecule has 0 N–H and O–H groups in total. The summed E-state index contributed by atoms with van der Waals surface area (Å²) in [7, 11) is 0. The first-order chi connectivity index (χ1) is 28.8. The summed E-state index contributed by atoms with van der Waals surface area (Å²) in [5.74, 6) is 1.73. The maximum atomic E-state index is 5.20. The molecule has 2 atom stereocenters. The number of allylic oxidation sites excluding steroid dienone is 4. The number of nitrogens with zero attached hydrogens (tertiary/aromatic N) is 5. The highest BCUT2D eigenvalue weighted by Gasteiger charge is 2.22. The number of aliphatic imine (C=N–C) groups is 2. The Morgan fingerprint density at radius 2 is 1.10 bits per heavy atom. The van der Waals surface area contributed by atoms with Gasteiger partial charge < -0.3 is 10.3 Å². The van der Waals surface area contributed by atoms with Crippen molar-refractivity contribution in [3.8, 4) is 27.9 Å². The van der Waals surface area contributed by atoms with E-state index in [1.807, 2.05) is 6.07 Å². The Bertz CT molecular complexity index is 3070. The summed E-state index contributed by atoms with van der Waals surface area (Å²) in [5.41, 5.74) is 14.7. The standard InChI is InChI=1S/C53H38N5/c1-4-14-36(15-5-1)38-24-30-41(31-25-38)50-54-51(42-32-26-39(27-33-42)37-16-6-2-7-17-37)56-52(55-50)43-34-28-40(29-35-43)49-45-20-10-11-21-46(45)58-48-23-13-12-22-47(48)57(53(49)58)44-18-8-3-9-19-44/h1-16,18-35,37,50H,17H2/q-1. The molecule has 2 aromatic heterocycles. The summed E-state index contributed by atoms with van der Waals surface area (Å²) >= 11 is 0. The second-order valence-electron chi connectivity index (χ2n) is 14.9. The van der Waals surface area contributed by atoms with Crippen molar-refractivity contribution in [1.82, 2.24) is 8.97 Å². The van der Waals surface area contributed by atoms with Crippen LogP contribution in [-0.2, 0) is 0 Å². The Morgan fingerprint density at radius 1 is 0.500 bits per heavy atom. The molecule has 1 aliphatic carbocycles. The SMILES string of the molecule is C1=CCC(c2ccc(C3=NC(c4ccc(-c5c6ccccc6n6c7ccccc7n(-c7ccccc7)c56)cc4)=NC(c4ccc(-c5ccccc5)cc4)[N-]3)cc2)C=C1. The average Bonchev–Trinajstić information content (AvgIpc) is 3.83. The Balaban J connectivity index is 1.02. The van der Waals surface area contributed by atoms with Crippen LogP contribution in [0.5, 0.6) is 0 Å². The van der Waals surface area contributed by atoms with E-state index in [1.165, 1.54) is 33.1 Å². The van der Waals surface area contributed by atoms with Crippen LogP contribution < -0.4 is 0 Å². The van der Waals surface area contributed by atoms with Gasteiger partial charge in [-0.25, -0.2) is 0 Å². The number of aromatic nitrogens is 2. The van der Waals surface area contributed by atoms with Gasteiger partial charge in [-0.2, -0.15) is 0 Å². The largest absolute Gasteiger partial charge is 0.438 e. The number of rotatable bonds is 7. The first-order valence-corrected chi connectivity index (χ1v) is 19.9. The molecule has 5 nitrogen and oxygen atoms in total. The molecule has 0 saturated carbocycles. The number of para-hydroxylation sites is 4. The quantitative estimate of drug-likeness (QED) is 0.156. The van der Waals surface area contributed by atoms with E-state index in [0.717, 1.165) is 51.1 Å². The third kappa shape index (κ3) is 5.87. The van der Waals surface area contributed by atoms with Gasteiger partial charge in [0, 0.05) is 22.6 Å². The molecule has 2 aliphatic rings. The predicted molar refractivity (Wildman–Crippen MR) is 240 cm³/mol. The number of imidazole rings is 1. The molecule has 58 heavy (non-hydrogen) atoms. The van der Waals surface area contributed by atoms with E-state index >= 15 is 0 Å². The minimum atomic E-state index is -0.435. The van der Waals surface area contributed by atoms with E-state index in [0.29, 0.717) is 17.6 Å². The summed E-state index contributed by atoms with van der Waals surface area (Å²) in [6.45, 7) is 0. The Kier molecular flexibility index (Phi) is 8.29. The maximum Gasteiger partial charge on any atom is 0.131 e. The Labute approximate surface area is 337 Å². The summed E-state index contributed by atoms with van der Waals surface area (Å²) < 4.78 is 4.80. The molecule has 5 heteroatoms. The zero-order valence-electron chi connectivity index (χ0n) is 31.7. The first-order valence-electron chi connectivity index (χ1n) is 19.9. The van der Waals surface area contributed by atoms with Crippen molar-refractivity contribution in [2.45, 2.75) is 18.5 Å². The summed E-state index contributed by atoms with van der Waals surface area (Å²) in [6.07, 6.45) is 9.32. The Hall–Kier alpha value is -7.50. The normalized spacial score (nSPS) is 16.4. The predicted octanol–water partition coefficient (Wildman–Crippen LogP) is 13.2. The number of hydrogen-bond donors (Lipinski definition) is 0. The number of amidine groups is 2. The lowest BCUT2D eigenvalue weighted by Crippen LogP contribution is -2.16. The van der Waals surface area contributed by atoms with Crippen LogP contribution in [0.1, 0.15) is 40.8 Å². The molecule has 0 radical (unpaired) electrons. The smallest absolute Gasteiger partial charge is 0.131 e. The van der Waals surface area contributed by atoms with Crippen molar-refractivity contribution < 1.29 is 0 Å². The van der Waals surface area contributed by atoms with Gasteiger partial charge in [0.25, 0.3) is 0 Å². The third-order valence-corrected chi connectivity index (χ3v) is 11.5. The van der Waals surface area contributed by atoms with Crippen LogP contribution in [0.4, 0.5) is 0 Å². The van der Waals surface area contributed by atoms with E-state index in [4.69, 9.17) is 15.3 Å². The molecule has 0 spiro atoms. The molecule has 11 rings (SSSR count). The monoisotopic (exact) mass is 744 g/mol. The van der Waals surface area contributed by atoms with Crippen LogP contribution in [0.15, 0.2) is 216 Å². The van der Waals surface area contributed by atoms with Gasteiger partial charge in [0.05, 0.1) is 28.6 Å². The molecule has 1 aliphatic heterocycles. The van der Waals surface area contributed by atoms with Gasteiger partial charge in [0.1, 0.15) is 5.65 Å². The van der Waals surface area contributed by atoms with E-state index in [1.54, 1.807) is 0 Å². The minimum Gasteiger partial charge on any atom is -0.438 e. The van der Waals surface area contributed by atoms with Crippen molar-refractivity contribution in [3.05, 3.63) is 234 Å². The lowest BCUT2D eigenvalue weighted by atomic mass is 9.92. The van der Waals surface area contributed by atoms with E-state index < -0.39 is 6.17 Å². The molecule has 3 heterocycles. The van der Waals surface area contributed by atoms with E-state index in [-0.39, 0.29) is 0 Å². The van der Waals surface area contributed by atoms with Crippen molar-refractivity contribution in [2.24, 2.45) is 9.98 Å². The maximum absolute atomic E-state index is 5.20. The molecule has 9 aromatic rings. The van der Waals surface area contributed by atoms with Gasteiger partial charge in [-0.15, -0.1) is 0 Å². The second-order valence-corrected chi connectivity index (χ2v) is 14.9. The van der Waals surface area contributed by atoms with Gasteiger partial charge in [-0.05, 0) is 75.7 Å². The Morgan fingerprint density at radius 3 is 1.84 bits per heavy atom. The molecule has 0 amide bonds. The van der Waals surface area contributed by atoms with Crippen LogP contribution in [-0.4, -0.2) is 20.6 Å². The van der Waals surface area contributed by atoms with E-state index in [9.17, 15) is 0 Å². The highest BCUT2D eigenvalue weighted by atomic mass is 15.2. The molecule has 0 fully saturated rings. The van der Waals surface area contributed by atoms with Gasteiger partial charge in [-0.3, -0.25) is 14.0 Å². The van der Waals surface area contributed by atoms with Crippen molar-refractivity contribution >= 4 is 39.3 Å². The minimum absolute atomic E-state index is 0.379. The van der Waals surface area contributed by atoms with Gasteiger partial charge in [-0.1, -0.05) is 182 Å². The fourth-order valence-electron chi connectivity index (χ4n) is 8.58. The van der Waals surface area contributed by atoms with E-state index in [2.05, 4.69) is 209 Å². The number of benzene rings is 7.